The number of halogens is 1. The van der Waals surface area contributed by atoms with Gasteiger partial charge in [0.1, 0.15) is 5.82 Å². The molecule has 0 unspecified atom stereocenters. The van der Waals surface area contributed by atoms with Crippen LogP contribution in [0.15, 0.2) is 29.3 Å². The molecule has 0 atom stereocenters. The predicted molar refractivity (Wildman–Crippen MR) is 94.3 cm³/mol. The smallest absolute Gasteiger partial charge is 0.191 e. The summed E-state index contributed by atoms with van der Waals surface area (Å²) in [6, 6.07) is 6.65. The van der Waals surface area contributed by atoms with Gasteiger partial charge in [-0.3, -0.25) is 4.99 Å². The van der Waals surface area contributed by atoms with E-state index in [1.807, 2.05) is 12.1 Å². The van der Waals surface area contributed by atoms with Crippen LogP contribution in [0.5, 0.6) is 0 Å². The number of aliphatic imine (C=N–C) groups is 1. The van der Waals surface area contributed by atoms with Crippen LogP contribution in [0.2, 0.25) is 0 Å². The molecule has 122 valence electrons. The summed E-state index contributed by atoms with van der Waals surface area (Å²) < 4.78 is 13.1. The monoisotopic (exact) mass is 324 g/mol. The summed E-state index contributed by atoms with van der Waals surface area (Å²) >= 11 is 1.79. The summed E-state index contributed by atoms with van der Waals surface area (Å²) in [6.07, 6.45) is 2.09. The van der Waals surface area contributed by atoms with E-state index in [-0.39, 0.29) is 10.6 Å². The Balaban J connectivity index is 1.88. The van der Waals surface area contributed by atoms with E-state index in [2.05, 4.69) is 34.9 Å². The second-order valence-corrected chi connectivity index (χ2v) is 7.60. The lowest BCUT2D eigenvalue weighted by atomic mass is 10.2. The number of piperazine rings is 1. The second-order valence-electron chi connectivity index (χ2n) is 6.09. The van der Waals surface area contributed by atoms with Crippen LogP contribution < -0.4 is 10.6 Å². The summed E-state index contributed by atoms with van der Waals surface area (Å²) in [6.45, 7) is 8.47. The Kier molecular flexibility index (Phi) is 5.56. The average molecular weight is 324 g/mol. The van der Waals surface area contributed by atoms with E-state index in [1.165, 1.54) is 12.1 Å². The van der Waals surface area contributed by atoms with Crippen molar-refractivity contribution in [1.82, 2.24) is 4.90 Å². The van der Waals surface area contributed by atoms with Crippen LogP contribution in [0.1, 0.15) is 13.8 Å². The lowest BCUT2D eigenvalue weighted by molar-refractivity contribution is 0.380. The van der Waals surface area contributed by atoms with Crippen LogP contribution in [-0.4, -0.2) is 54.6 Å². The van der Waals surface area contributed by atoms with Gasteiger partial charge in [0.2, 0.25) is 0 Å². The van der Waals surface area contributed by atoms with E-state index in [1.54, 1.807) is 11.8 Å². The number of guanidine groups is 1. The molecule has 2 N–H and O–H groups in total. The third-order valence-corrected chi connectivity index (χ3v) is 5.20. The van der Waals surface area contributed by atoms with E-state index in [4.69, 9.17) is 5.73 Å². The zero-order valence-electron chi connectivity index (χ0n) is 13.6. The molecule has 1 aliphatic heterocycles. The van der Waals surface area contributed by atoms with Gasteiger partial charge in [-0.1, -0.05) is 0 Å². The number of anilines is 1. The third-order valence-electron chi connectivity index (χ3n) is 3.97. The van der Waals surface area contributed by atoms with Gasteiger partial charge < -0.3 is 15.5 Å². The Hall–Kier alpha value is -1.43. The van der Waals surface area contributed by atoms with Crippen LogP contribution in [0.3, 0.4) is 0 Å². The van der Waals surface area contributed by atoms with Gasteiger partial charge in [0.15, 0.2) is 5.96 Å². The van der Waals surface area contributed by atoms with Crippen LogP contribution >= 0.6 is 11.8 Å². The summed E-state index contributed by atoms with van der Waals surface area (Å²) in [5.74, 6) is 0.427. The summed E-state index contributed by atoms with van der Waals surface area (Å²) in [5, 5.41) is 0. The summed E-state index contributed by atoms with van der Waals surface area (Å²) in [7, 11) is 0. The summed E-state index contributed by atoms with van der Waals surface area (Å²) in [4.78, 5) is 8.90. The SMILES string of the molecule is CSC(C)(C)CN=C(N)N1CCN(c2ccc(F)cc2)CC1. The van der Waals surface area contributed by atoms with Gasteiger partial charge in [-0.25, -0.2) is 4.39 Å². The van der Waals surface area contributed by atoms with Gasteiger partial charge in [-0.2, -0.15) is 11.8 Å². The summed E-state index contributed by atoms with van der Waals surface area (Å²) in [5.41, 5.74) is 7.17. The highest BCUT2D eigenvalue weighted by molar-refractivity contribution is 7.99. The Morgan fingerprint density at radius 1 is 1.23 bits per heavy atom. The number of thioether (sulfide) groups is 1. The minimum absolute atomic E-state index is 0.112. The lowest BCUT2D eigenvalue weighted by Gasteiger charge is -2.36. The maximum atomic E-state index is 13.0. The van der Waals surface area contributed by atoms with E-state index in [0.717, 1.165) is 38.4 Å². The topological polar surface area (TPSA) is 44.9 Å². The third kappa shape index (κ3) is 4.53. The minimum Gasteiger partial charge on any atom is -0.370 e. The molecule has 0 spiro atoms. The Morgan fingerprint density at radius 3 is 2.36 bits per heavy atom. The van der Waals surface area contributed by atoms with Crippen LogP contribution in [0.25, 0.3) is 0 Å². The Bertz CT molecular complexity index is 507. The minimum atomic E-state index is -0.199. The molecule has 1 saturated heterocycles. The highest BCUT2D eigenvalue weighted by atomic mass is 32.2. The standard InChI is InChI=1S/C16H25FN4S/c1-16(2,22-3)12-19-15(18)21-10-8-20(9-11-21)14-6-4-13(17)5-7-14/h4-7H,8-12H2,1-3H3,(H2,18,19). The van der Waals surface area contributed by atoms with Gasteiger partial charge in [0, 0.05) is 36.6 Å². The molecule has 1 aromatic carbocycles. The molecule has 0 amide bonds. The first-order valence-corrected chi connectivity index (χ1v) is 8.74. The molecule has 22 heavy (non-hydrogen) atoms. The molecule has 0 saturated carbocycles. The number of hydrogen-bond donors (Lipinski definition) is 1. The highest BCUT2D eigenvalue weighted by Gasteiger charge is 2.20. The molecule has 6 heteroatoms. The van der Waals surface area contributed by atoms with Crippen molar-refractivity contribution in [3.8, 4) is 0 Å². The van der Waals surface area contributed by atoms with Gasteiger partial charge in [0.25, 0.3) is 0 Å². The fourth-order valence-electron chi connectivity index (χ4n) is 2.28. The van der Waals surface area contributed by atoms with E-state index in [0.29, 0.717) is 5.96 Å². The van der Waals surface area contributed by atoms with E-state index in [9.17, 15) is 4.39 Å². The molecule has 0 bridgehead atoms. The zero-order chi connectivity index (χ0) is 16.2. The molecule has 1 aliphatic rings. The molecule has 4 nitrogen and oxygen atoms in total. The number of nitrogens with two attached hydrogens (primary N) is 1. The van der Waals surface area contributed by atoms with E-state index < -0.39 is 0 Å². The first-order valence-electron chi connectivity index (χ1n) is 7.52. The van der Waals surface area contributed by atoms with Crippen LogP contribution in [0, 0.1) is 5.82 Å². The van der Waals surface area contributed by atoms with Gasteiger partial charge in [-0.05, 0) is 44.4 Å². The first-order chi connectivity index (χ1) is 10.4. The van der Waals surface area contributed by atoms with E-state index >= 15 is 0 Å². The van der Waals surface area contributed by atoms with Crippen LogP contribution in [0.4, 0.5) is 10.1 Å². The van der Waals surface area contributed by atoms with Crippen molar-refractivity contribution < 1.29 is 4.39 Å². The zero-order valence-corrected chi connectivity index (χ0v) is 14.4. The lowest BCUT2D eigenvalue weighted by Crippen LogP contribution is -2.51. The molecule has 0 aliphatic carbocycles. The average Bonchev–Trinajstić information content (AvgIpc) is 2.54. The van der Waals surface area contributed by atoms with Gasteiger partial charge in [0.05, 0.1) is 6.54 Å². The van der Waals surface area contributed by atoms with Gasteiger partial charge in [-0.15, -0.1) is 0 Å². The Morgan fingerprint density at radius 2 is 1.82 bits per heavy atom. The molecular formula is C16H25FN4S. The molecule has 1 heterocycles. The molecule has 1 aromatic rings. The number of benzene rings is 1. The van der Waals surface area contributed by atoms with Crippen molar-refractivity contribution in [2.45, 2.75) is 18.6 Å². The number of hydrogen-bond acceptors (Lipinski definition) is 3. The molecular weight excluding hydrogens is 299 g/mol. The van der Waals surface area contributed by atoms with Gasteiger partial charge >= 0.3 is 0 Å². The van der Waals surface area contributed by atoms with Crippen molar-refractivity contribution >= 4 is 23.4 Å². The highest BCUT2D eigenvalue weighted by Crippen LogP contribution is 2.21. The second kappa shape index (κ2) is 7.22. The van der Waals surface area contributed by atoms with Crippen LogP contribution in [-0.2, 0) is 0 Å². The molecule has 2 rings (SSSR count). The van der Waals surface area contributed by atoms with Crippen molar-refractivity contribution in [1.29, 1.82) is 0 Å². The maximum Gasteiger partial charge on any atom is 0.191 e. The predicted octanol–water partition coefficient (Wildman–Crippen LogP) is 2.40. The first kappa shape index (κ1) is 16.9. The fraction of sp³-hybridized carbons (Fsp3) is 0.562. The van der Waals surface area contributed by atoms with Crippen molar-refractivity contribution in [2.75, 3.05) is 43.9 Å². The quantitative estimate of drug-likeness (QED) is 0.682. The Labute approximate surface area is 136 Å². The largest absolute Gasteiger partial charge is 0.370 e. The van der Waals surface area contributed by atoms with Crippen molar-refractivity contribution in [3.05, 3.63) is 30.1 Å². The number of nitrogens with zero attached hydrogens (tertiary/aromatic N) is 3. The maximum absolute atomic E-state index is 13.0. The normalized spacial score (nSPS) is 17.0. The molecule has 1 fully saturated rings. The van der Waals surface area contributed by atoms with Crippen molar-refractivity contribution in [2.24, 2.45) is 10.7 Å². The van der Waals surface area contributed by atoms with Crippen molar-refractivity contribution in [3.63, 3.8) is 0 Å². The molecule has 0 aromatic heterocycles. The fourth-order valence-corrected chi connectivity index (χ4v) is 2.48. The number of rotatable bonds is 4. The molecule has 0 radical (unpaired) electrons.